The van der Waals surface area contributed by atoms with Crippen molar-refractivity contribution in [2.75, 3.05) is 18.2 Å². The second-order valence-corrected chi connectivity index (χ2v) is 7.96. The lowest BCUT2D eigenvalue weighted by molar-refractivity contribution is -0.113. The van der Waals surface area contributed by atoms with Gasteiger partial charge in [0.2, 0.25) is 11.8 Å². The first-order valence-electron chi connectivity index (χ1n) is 8.07. The Morgan fingerprint density at radius 2 is 2.07 bits per heavy atom. The summed E-state index contributed by atoms with van der Waals surface area (Å²) in [6.07, 6.45) is 0. The van der Waals surface area contributed by atoms with E-state index in [0.29, 0.717) is 21.3 Å². The standard InChI is InChI=1S/C18H13ClN4O3S2/c1-25-12-6-7-13-14(8-12)28-17(20-13)21-15(24)9-27-18-23-22-16(26-18)10-2-4-11(19)5-3-10/h2-8H,9H2,1H3,(H,20,21,24). The number of nitrogens with zero attached hydrogens (tertiary/aromatic N) is 3. The number of thiazole rings is 1. The average Bonchev–Trinajstić information content (AvgIpc) is 3.32. The molecule has 0 aliphatic carbocycles. The van der Waals surface area contributed by atoms with Crippen molar-refractivity contribution < 1.29 is 13.9 Å². The van der Waals surface area contributed by atoms with Crippen molar-refractivity contribution in [2.24, 2.45) is 0 Å². The first kappa shape index (κ1) is 18.7. The zero-order valence-electron chi connectivity index (χ0n) is 14.5. The molecule has 0 bridgehead atoms. The summed E-state index contributed by atoms with van der Waals surface area (Å²) in [4.78, 5) is 16.6. The minimum absolute atomic E-state index is 0.126. The van der Waals surface area contributed by atoms with Crippen molar-refractivity contribution in [1.82, 2.24) is 15.2 Å². The van der Waals surface area contributed by atoms with E-state index < -0.39 is 0 Å². The van der Waals surface area contributed by atoms with Gasteiger partial charge in [-0.05, 0) is 42.5 Å². The number of benzene rings is 2. The van der Waals surface area contributed by atoms with Gasteiger partial charge in [-0.3, -0.25) is 4.79 Å². The molecule has 0 unspecified atom stereocenters. The molecule has 0 spiro atoms. The number of aromatic nitrogens is 3. The Morgan fingerprint density at radius 1 is 1.25 bits per heavy atom. The molecule has 0 aliphatic heterocycles. The molecule has 142 valence electrons. The van der Waals surface area contributed by atoms with Crippen molar-refractivity contribution in [2.45, 2.75) is 5.22 Å². The number of carbonyl (C=O) groups excluding carboxylic acids is 1. The van der Waals surface area contributed by atoms with Crippen molar-refractivity contribution in [3.63, 3.8) is 0 Å². The third-order valence-electron chi connectivity index (χ3n) is 3.67. The van der Waals surface area contributed by atoms with E-state index in [2.05, 4.69) is 20.5 Å². The summed E-state index contributed by atoms with van der Waals surface area (Å²) < 4.78 is 11.7. The van der Waals surface area contributed by atoms with Crippen LogP contribution in [0.25, 0.3) is 21.7 Å². The fourth-order valence-electron chi connectivity index (χ4n) is 2.35. The number of anilines is 1. The molecule has 1 amide bonds. The molecular weight excluding hydrogens is 420 g/mol. The van der Waals surface area contributed by atoms with Crippen LogP contribution in [0.5, 0.6) is 5.75 Å². The molecule has 0 atom stereocenters. The molecule has 2 aromatic heterocycles. The van der Waals surface area contributed by atoms with Gasteiger partial charge in [-0.1, -0.05) is 34.7 Å². The van der Waals surface area contributed by atoms with Crippen LogP contribution in [0.15, 0.2) is 52.1 Å². The summed E-state index contributed by atoms with van der Waals surface area (Å²) in [5.74, 6) is 1.04. The molecule has 28 heavy (non-hydrogen) atoms. The monoisotopic (exact) mass is 432 g/mol. The van der Waals surface area contributed by atoms with Gasteiger partial charge in [-0.15, -0.1) is 10.2 Å². The van der Waals surface area contributed by atoms with Gasteiger partial charge in [0.05, 0.1) is 23.1 Å². The Hall–Kier alpha value is -2.62. The zero-order valence-corrected chi connectivity index (χ0v) is 16.9. The number of thioether (sulfide) groups is 1. The number of rotatable bonds is 6. The topological polar surface area (TPSA) is 90.1 Å². The Kier molecular flexibility index (Phi) is 5.47. The first-order chi connectivity index (χ1) is 13.6. The van der Waals surface area contributed by atoms with Crippen molar-refractivity contribution in [3.05, 3.63) is 47.5 Å². The van der Waals surface area contributed by atoms with Gasteiger partial charge >= 0.3 is 0 Å². The normalized spacial score (nSPS) is 10.9. The molecule has 0 aliphatic rings. The number of halogens is 1. The summed E-state index contributed by atoms with van der Waals surface area (Å²) in [7, 11) is 1.61. The lowest BCUT2D eigenvalue weighted by Gasteiger charge is -1.98. The van der Waals surface area contributed by atoms with Gasteiger partial charge in [-0.25, -0.2) is 4.98 Å². The fraction of sp³-hybridized carbons (Fsp3) is 0.111. The van der Waals surface area contributed by atoms with Gasteiger partial charge in [0, 0.05) is 10.6 Å². The van der Waals surface area contributed by atoms with E-state index in [0.717, 1.165) is 33.3 Å². The second-order valence-electron chi connectivity index (χ2n) is 5.57. The Balaban J connectivity index is 1.36. The number of nitrogens with one attached hydrogen (secondary N) is 1. The number of ether oxygens (including phenoxy) is 1. The summed E-state index contributed by atoms with van der Waals surface area (Å²) in [6, 6.07) is 12.6. The van der Waals surface area contributed by atoms with Crippen LogP contribution in [0.3, 0.4) is 0 Å². The second kappa shape index (κ2) is 8.17. The van der Waals surface area contributed by atoms with Crippen molar-refractivity contribution in [1.29, 1.82) is 0 Å². The summed E-state index contributed by atoms with van der Waals surface area (Å²) in [6.45, 7) is 0. The average molecular weight is 433 g/mol. The number of fused-ring (bicyclic) bond motifs is 1. The van der Waals surface area contributed by atoms with E-state index in [4.69, 9.17) is 20.8 Å². The molecule has 0 radical (unpaired) electrons. The van der Waals surface area contributed by atoms with E-state index in [1.165, 1.54) is 11.3 Å². The van der Waals surface area contributed by atoms with E-state index in [1.54, 1.807) is 31.4 Å². The number of carbonyl (C=O) groups is 1. The number of amides is 1. The lowest BCUT2D eigenvalue weighted by Crippen LogP contribution is -2.13. The quantitative estimate of drug-likeness (QED) is 0.440. The highest BCUT2D eigenvalue weighted by Crippen LogP contribution is 2.29. The van der Waals surface area contributed by atoms with Gasteiger partial charge in [-0.2, -0.15) is 0 Å². The molecule has 7 nitrogen and oxygen atoms in total. The van der Waals surface area contributed by atoms with E-state index in [1.807, 2.05) is 18.2 Å². The SMILES string of the molecule is COc1ccc2nc(NC(=O)CSc3nnc(-c4ccc(Cl)cc4)o3)sc2c1. The maximum Gasteiger partial charge on any atom is 0.277 e. The minimum Gasteiger partial charge on any atom is -0.497 e. The largest absolute Gasteiger partial charge is 0.497 e. The molecule has 10 heteroatoms. The molecule has 2 aromatic carbocycles. The molecule has 4 rings (SSSR count). The van der Waals surface area contributed by atoms with Crippen LogP contribution in [-0.2, 0) is 4.79 Å². The third kappa shape index (κ3) is 4.27. The summed E-state index contributed by atoms with van der Waals surface area (Å²) >= 11 is 8.41. The Labute approximate surface area is 173 Å². The van der Waals surface area contributed by atoms with Gasteiger partial charge in [0.1, 0.15) is 5.75 Å². The van der Waals surface area contributed by atoms with Crippen LogP contribution < -0.4 is 10.1 Å². The lowest BCUT2D eigenvalue weighted by atomic mass is 10.2. The zero-order chi connectivity index (χ0) is 19.5. The summed E-state index contributed by atoms with van der Waals surface area (Å²) in [5, 5.41) is 12.2. The van der Waals surface area contributed by atoms with Crippen LogP contribution in [0.4, 0.5) is 5.13 Å². The van der Waals surface area contributed by atoms with E-state index >= 15 is 0 Å². The Morgan fingerprint density at radius 3 is 2.86 bits per heavy atom. The molecule has 1 N–H and O–H groups in total. The predicted molar refractivity (Wildman–Crippen MR) is 110 cm³/mol. The van der Waals surface area contributed by atoms with Crippen molar-refractivity contribution in [3.8, 4) is 17.2 Å². The highest BCUT2D eigenvalue weighted by atomic mass is 35.5. The first-order valence-corrected chi connectivity index (χ1v) is 10.3. The van der Waals surface area contributed by atoms with Crippen molar-refractivity contribution >= 4 is 56.0 Å². The van der Waals surface area contributed by atoms with Gasteiger partial charge < -0.3 is 14.5 Å². The third-order valence-corrected chi connectivity index (χ3v) is 5.67. The molecule has 0 saturated heterocycles. The molecular formula is C18H13ClN4O3S2. The van der Waals surface area contributed by atoms with Crippen LogP contribution in [0, 0.1) is 0 Å². The van der Waals surface area contributed by atoms with Gasteiger partial charge in [0.15, 0.2) is 5.13 Å². The number of hydrogen-bond donors (Lipinski definition) is 1. The maximum atomic E-state index is 12.2. The van der Waals surface area contributed by atoms with E-state index in [-0.39, 0.29) is 11.7 Å². The molecule has 2 heterocycles. The van der Waals surface area contributed by atoms with Crippen LogP contribution in [0.1, 0.15) is 0 Å². The number of hydrogen-bond acceptors (Lipinski definition) is 8. The Bertz CT molecular complexity index is 1130. The maximum absolute atomic E-state index is 12.2. The van der Waals surface area contributed by atoms with Crippen LogP contribution in [-0.4, -0.2) is 34.0 Å². The highest BCUT2D eigenvalue weighted by Gasteiger charge is 2.13. The minimum atomic E-state index is -0.206. The van der Waals surface area contributed by atoms with E-state index in [9.17, 15) is 4.79 Å². The highest BCUT2D eigenvalue weighted by molar-refractivity contribution is 7.99. The van der Waals surface area contributed by atoms with Gasteiger partial charge in [0.25, 0.3) is 5.22 Å². The smallest absolute Gasteiger partial charge is 0.277 e. The predicted octanol–water partition coefficient (Wildman–Crippen LogP) is 4.74. The summed E-state index contributed by atoms with van der Waals surface area (Å²) in [5.41, 5.74) is 1.57. The number of methoxy groups -OCH3 is 1. The molecule has 0 fully saturated rings. The molecule has 4 aromatic rings. The molecule has 0 saturated carbocycles. The fourth-order valence-corrected chi connectivity index (χ4v) is 3.94. The van der Waals surface area contributed by atoms with Crippen LogP contribution in [0.2, 0.25) is 5.02 Å². The van der Waals surface area contributed by atoms with Crippen LogP contribution >= 0.6 is 34.7 Å².